The molecule has 0 fully saturated rings. The van der Waals surface area contributed by atoms with E-state index in [1.165, 1.54) is 18.4 Å². The smallest absolute Gasteiger partial charge is 0.160 e. The predicted molar refractivity (Wildman–Crippen MR) is 139 cm³/mol. The molecule has 0 aliphatic heterocycles. The Morgan fingerprint density at radius 2 is 1.26 bits per heavy atom. The lowest BCUT2D eigenvalue weighted by molar-refractivity contribution is 0.398. The number of benzene rings is 3. The molecule has 0 spiro atoms. The highest BCUT2D eigenvalue weighted by Crippen LogP contribution is 2.32. The molecule has 3 aromatic rings. The minimum atomic E-state index is -0.0833. The summed E-state index contributed by atoms with van der Waals surface area (Å²) in [7, 11) is 0. The van der Waals surface area contributed by atoms with Crippen molar-refractivity contribution in [3.8, 4) is 17.2 Å². The molecule has 0 heterocycles. The Kier molecular flexibility index (Phi) is 10.8. The lowest BCUT2D eigenvalue weighted by Crippen LogP contribution is -2.20. The van der Waals surface area contributed by atoms with E-state index in [1.54, 1.807) is 18.2 Å². The van der Waals surface area contributed by atoms with E-state index in [4.69, 9.17) is 0 Å². The molecule has 0 aliphatic rings. The summed E-state index contributed by atoms with van der Waals surface area (Å²) in [4.78, 5) is 0. The van der Waals surface area contributed by atoms with Crippen molar-refractivity contribution in [3.05, 3.63) is 89.0 Å². The SMILES string of the molecule is Oc1cccc(CCc2c(CCNCCCCCNCCc3ccccc3)ccc(O)c2O)c1. The molecule has 182 valence electrons. The van der Waals surface area contributed by atoms with Gasteiger partial charge in [-0.25, -0.2) is 0 Å². The molecule has 0 aliphatic carbocycles. The van der Waals surface area contributed by atoms with Gasteiger partial charge in [0.05, 0.1) is 0 Å². The number of phenols is 3. The van der Waals surface area contributed by atoms with Crippen LogP contribution in [0.4, 0.5) is 0 Å². The van der Waals surface area contributed by atoms with Crippen molar-refractivity contribution in [1.29, 1.82) is 0 Å². The Labute approximate surface area is 203 Å². The molecule has 5 nitrogen and oxygen atoms in total. The van der Waals surface area contributed by atoms with Crippen LogP contribution in [0.15, 0.2) is 66.7 Å². The van der Waals surface area contributed by atoms with Gasteiger partial charge in [0.1, 0.15) is 5.75 Å². The third-order valence-electron chi connectivity index (χ3n) is 6.14. The third-order valence-corrected chi connectivity index (χ3v) is 6.14. The van der Waals surface area contributed by atoms with Crippen molar-refractivity contribution in [3.63, 3.8) is 0 Å². The van der Waals surface area contributed by atoms with E-state index in [0.717, 1.165) is 62.1 Å². The van der Waals surface area contributed by atoms with Crippen LogP contribution in [-0.2, 0) is 25.7 Å². The van der Waals surface area contributed by atoms with Gasteiger partial charge in [-0.05, 0) is 99.6 Å². The Hall–Kier alpha value is -3.02. The van der Waals surface area contributed by atoms with Crippen molar-refractivity contribution in [2.45, 2.75) is 44.9 Å². The van der Waals surface area contributed by atoms with Crippen molar-refractivity contribution in [1.82, 2.24) is 10.6 Å². The van der Waals surface area contributed by atoms with E-state index in [9.17, 15) is 15.3 Å². The number of hydrogen-bond donors (Lipinski definition) is 5. The number of hydrogen-bond acceptors (Lipinski definition) is 5. The lowest BCUT2D eigenvalue weighted by Gasteiger charge is -2.14. The van der Waals surface area contributed by atoms with Crippen LogP contribution in [0.25, 0.3) is 0 Å². The third kappa shape index (κ3) is 8.73. The highest BCUT2D eigenvalue weighted by molar-refractivity contribution is 5.49. The second kappa shape index (κ2) is 14.3. The number of nitrogens with one attached hydrogen (secondary N) is 2. The van der Waals surface area contributed by atoms with Crippen molar-refractivity contribution < 1.29 is 15.3 Å². The number of aromatic hydroxyl groups is 3. The first-order chi connectivity index (χ1) is 16.6. The molecule has 0 saturated heterocycles. The standard InChI is InChI=1S/C29H38N2O3/c32-26-11-7-10-24(22-26)12-14-27-25(13-15-28(33)29(27)34)17-21-31-19-6-2-5-18-30-20-16-23-8-3-1-4-9-23/h1,3-4,7-11,13,15,22,30-34H,2,5-6,12,14,16-21H2. The van der Waals surface area contributed by atoms with Gasteiger partial charge in [-0.3, -0.25) is 0 Å². The van der Waals surface area contributed by atoms with Gasteiger partial charge in [-0.2, -0.15) is 0 Å². The molecule has 0 aromatic heterocycles. The average molecular weight is 463 g/mol. The van der Waals surface area contributed by atoms with E-state index in [-0.39, 0.29) is 17.2 Å². The highest BCUT2D eigenvalue weighted by Gasteiger charge is 2.12. The van der Waals surface area contributed by atoms with E-state index in [2.05, 4.69) is 41.0 Å². The normalized spacial score (nSPS) is 11.1. The largest absolute Gasteiger partial charge is 0.508 e. The zero-order valence-electron chi connectivity index (χ0n) is 20.0. The van der Waals surface area contributed by atoms with Gasteiger partial charge in [0.2, 0.25) is 0 Å². The summed E-state index contributed by atoms with van der Waals surface area (Å²) in [6.45, 7) is 3.89. The number of unbranched alkanes of at least 4 members (excludes halogenated alkanes) is 2. The molecule has 0 saturated carbocycles. The Morgan fingerprint density at radius 1 is 0.559 bits per heavy atom. The molecule has 3 aromatic carbocycles. The Bertz CT molecular complexity index is 992. The number of aryl methyl sites for hydroxylation is 1. The van der Waals surface area contributed by atoms with Crippen LogP contribution in [0, 0.1) is 0 Å². The van der Waals surface area contributed by atoms with Gasteiger partial charge in [-0.1, -0.05) is 55.0 Å². The molecule has 0 atom stereocenters. The Morgan fingerprint density at radius 3 is 2.00 bits per heavy atom. The van der Waals surface area contributed by atoms with Crippen LogP contribution in [0.3, 0.4) is 0 Å². The molecule has 0 radical (unpaired) electrons. The summed E-state index contributed by atoms with van der Waals surface area (Å²) < 4.78 is 0. The molecule has 5 heteroatoms. The van der Waals surface area contributed by atoms with Crippen LogP contribution in [0.5, 0.6) is 17.2 Å². The molecular weight excluding hydrogens is 424 g/mol. The van der Waals surface area contributed by atoms with Crippen molar-refractivity contribution in [2.75, 3.05) is 26.2 Å². The van der Waals surface area contributed by atoms with Gasteiger partial charge >= 0.3 is 0 Å². The second-order valence-electron chi connectivity index (χ2n) is 8.79. The van der Waals surface area contributed by atoms with E-state index >= 15 is 0 Å². The fourth-order valence-electron chi connectivity index (χ4n) is 4.19. The topological polar surface area (TPSA) is 84.8 Å². The zero-order valence-corrected chi connectivity index (χ0v) is 20.0. The molecule has 0 bridgehead atoms. The summed E-state index contributed by atoms with van der Waals surface area (Å²) in [6.07, 6.45) is 6.68. The maximum Gasteiger partial charge on any atom is 0.160 e. The highest BCUT2D eigenvalue weighted by atomic mass is 16.3. The summed E-state index contributed by atoms with van der Waals surface area (Å²) in [5.41, 5.74) is 4.21. The minimum Gasteiger partial charge on any atom is -0.508 e. The van der Waals surface area contributed by atoms with Crippen LogP contribution < -0.4 is 10.6 Å². The molecule has 3 rings (SSSR count). The summed E-state index contributed by atoms with van der Waals surface area (Å²) in [6, 6.07) is 21.2. The Balaban J connectivity index is 1.30. The van der Waals surface area contributed by atoms with Gasteiger partial charge in [0, 0.05) is 5.56 Å². The molecular formula is C29H38N2O3. The fraction of sp³-hybridized carbons (Fsp3) is 0.379. The average Bonchev–Trinajstić information content (AvgIpc) is 2.85. The van der Waals surface area contributed by atoms with Crippen LogP contribution in [0.2, 0.25) is 0 Å². The maximum atomic E-state index is 10.4. The van der Waals surface area contributed by atoms with Gasteiger partial charge in [-0.15, -0.1) is 0 Å². The van der Waals surface area contributed by atoms with E-state index in [1.807, 2.05) is 18.2 Å². The number of rotatable bonds is 15. The van der Waals surface area contributed by atoms with Crippen molar-refractivity contribution >= 4 is 0 Å². The zero-order chi connectivity index (χ0) is 24.0. The first-order valence-electron chi connectivity index (χ1n) is 12.4. The van der Waals surface area contributed by atoms with E-state index in [0.29, 0.717) is 12.8 Å². The van der Waals surface area contributed by atoms with Gasteiger partial charge < -0.3 is 26.0 Å². The lowest BCUT2D eigenvalue weighted by atomic mass is 9.96. The fourth-order valence-corrected chi connectivity index (χ4v) is 4.19. The minimum absolute atomic E-state index is 0.0302. The molecule has 34 heavy (non-hydrogen) atoms. The maximum absolute atomic E-state index is 10.4. The summed E-state index contributed by atoms with van der Waals surface area (Å²) >= 11 is 0. The van der Waals surface area contributed by atoms with E-state index < -0.39 is 0 Å². The quantitative estimate of drug-likeness (QED) is 0.167. The van der Waals surface area contributed by atoms with Crippen molar-refractivity contribution in [2.24, 2.45) is 0 Å². The second-order valence-corrected chi connectivity index (χ2v) is 8.79. The van der Waals surface area contributed by atoms with Crippen LogP contribution in [-0.4, -0.2) is 41.5 Å². The van der Waals surface area contributed by atoms with Crippen LogP contribution in [0.1, 0.15) is 41.5 Å². The van der Waals surface area contributed by atoms with Gasteiger partial charge in [0.25, 0.3) is 0 Å². The van der Waals surface area contributed by atoms with Gasteiger partial charge in [0.15, 0.2) is 11.5 Å². The molecule has 0 amide bonds. The van der Waals surface area contributed by atoms with Crippen LogP contribution >= 0.6 is 0 Å². The molecule has 5 N–H and O–H groups in total. The first kappa shape index (κ1) is 25.6. The monoisotopic (exact) mass is 462 g/mol. The predicted octanol–water partition coefficient (Wildman–Crippen LogP) is 4.72. The first-order valence-corrected chi connectivity index (χ1v) is 12.4. The number of phenolic OH excluding ortho intramolecular Hbond substituents is 3. The molecule has 0 unspecified atom stereocenters. The summed E-state index contributed by atoms with van der Waals surface area (Å²) in [5, 5.41) is 37.1. The summed E-state index contributed by atoms with van der Waals surface area (Å²) in [5.74, 6) is 0.127.